The van der Waals surface area contributed by atoms with Crippen LogP contribution in [0.3, 0.4) is 0 Å². The lowest BCUT2D eigenvalue weighted by atomic mass is 10.1. The van der Waals surface area contributed by atoms with Crippen LogP contribution in [0.1, 0.15) is 21.9 Å². The average molecular weight is 460 g/mol. The number of nitrogen functional groups attached to an aromatic ring is 1. The predicted octanol–water partition coefficient (Wildman–Crippen LogP) is 4.76. The molecule has 1 unspecified atom stereocenters. The summed E-state index contributed by atoms with van der Waals surface area (Å²) in [5.41, 5.74) is 4.41. The highest BCUT2D eigenvalue weighted by molar-refractivity contribution is 8.00. The van der Waals surface area contributed by atoms with Crippen LogP contribution in [0.4, 0.5) is 5.69 Å². The molecule has 0 fully saturated rings. The highest BCUT2D eigenvalue weighted by Crippen LogP contribution is 2.37. The second-order valence-electron chi connectivity index (χ2n) is 7.59. The Balaban J connectivity index is 1.66. The Labute approximate surface area is 197 Å². The van der Waals surface area contributed by atoms with Gasteiger partial charge in [-0.25, -0.2) is 4.68 Å². The van der Waals surface area contributed by atoms with Crippen LogP contribution in [0.25, 0.3) is 11.4 Å². The lowest BCUT2D eigenvalue weighted by Gasteiger charge is -2.18. The van der Waals surface area contributed by atoms with Crippen molar-refractivity contribution in [2.24, 2.45) is 0 Å². The highest BCUT2D eigenvalue weighted by Gasteiger charge is 2.26. The first kappa shape index (κ1) is 22.4. The zero-order valence-corrected chi connectivity index (χ0v) is 19.5. The van der Waals surface area contributed by atoms with Crippen LogP contribution < -0.4 is 15.9 Å². The summed E-state index contributed by atoms with van der Waals surface area (Å²) in [6.45, 7) is 3.96. The fourth-order valence-corrected chi connectivity index (χ4v) is 4.40. The molecule has 4 rings (SSSR count). The second kappa shape index (κ2) is 9.79. The molecular weight excluding hydrogens is 434 g/mol. The van der Waals surface area contributed by atoms with Gasteiger partial charge in [-0.15, -0.1) is 10.2 Å². The number of para-hydroxylation sites is 1. The van der Waals surface area contributed by atoms with Crippen LogP contribution in [0.2, 0.25) is 0 Å². The van der Waals surface area contributed by atoms with Crippen LogP contribution in [-0.2, 0) is 4.79 Å². The zero-order chi connectivity index (χ0) is 23.4. The largest absolute Gasteiger partial charge is 0.496 e. The number of benzene rings is 3. The predicted molar refractivity (Wildman–Crippen MR) is 132 cm³/mol. The molecule has 0 aliphatic carbocycles. The smallest absolute Gasteiger partial charge is 0.242 e. The molecule has 168 valence electrons. The number of anilines is 1. The Bertz CT molecular complexity index is 1270. The van der Waals surface area contributed by atoms with E-state index in [1.165, 1.54) is 16.4 Å². The maximum atomic E-state index is 13.4. The summed E-state index contributed by atoms with van der Waals surface area (Å²) in [7, 11) is 1.59. The number of nitrogens with one attached hydrogen (secondary N) is 1. The molecule has 3 aromatic carbocycles. The van der Waals surface area contributed by atoms with E-state index in [1.807, 2.05) is 86.6 Å². The normalized spacial score (nSPS) is 11.7. The Hall–Kier alpha value is -3.78. The Kier molecular flexibility index (Phi) is 6.65. The molecule has 0 aliphatic rings. The van der Waals surface area contributed by atoms with Crippen molar-refractivity contribution in [3.05, 3.63) is 89.5 Å². The van der Waals surface area contributed by atoms with Crippen LogP contribution >= 0.6 is 11.8 Å². The number of carbonyl (C=O) groups is 1. The van der Waals surface area contributed by atoms with Gasteiger partial charge in [-0.1, -0.05) is 66.4 Å². The molecule has 1 aromatic heterocycles. The van der Waals surface area contributed by atoms with Crippen molar-refractivity contribution >= 4 is 23.4 Å². The monoisotopic (exact) mass is 459 g/mol. The molecule has 8 heteroatoms. The number of aryl methyl sites for hydroxylation is 2. The fraction of sp³-hybridized carbons (Fsp3) is 0.160. The molecule has 1 heterocycles. The first-order chi connectivity index (χ1) is 16.0. The second-order valence-corrected chi connectivity index (χ2v) is 8.66. The summed E-state index contributed by atoms with van der Waals surface area (Å²) >= 11 is 1.25. The lowest BCUT2D eigenvalue weighted by Crippen LogP contribution is -2.21. The summed E-state index contributed by atoms with van der Waals surface area (Å²) in [5.74, 6) is 7.30. The number of rotatable bonds is 7. The Morgan fingerprint density at radius 3 is 2.52 bits per heavy atom. The van der Waals surface area contributed by atoms with Gasteiger partial charge in [0.1, 0.15) is 11.0 Å². The number of aromatic nitrogens is 3. The summed E-state index contributed by atoms with van der Waals surface area (Å²) in [5, 5.41) is 11.4. The maximum Gasteiger partial charge on any atom is 0.242 e. The molecular formula is C25H25N5O2S. The standard InChI is InChI=1S/C25H25N5O2S/c1-16-13-14-17(2)20(15-16)27-24(31)22(18-9-5-4-6-10-18)33-25-29-28-23(30(25)26)19-11-7-8-12-21(19)32-3/h4-15,22H,26H2,1-3H3,(H,27,31). The van der Waals surface area contributed by atoms with Gasteiger partial charge in [0.05, 0.1) is 12.7 Å². The van der Waals surface area contributed by atoms with Gasteiger partial charge in [0.2, 0.25) is 11.1 Å². The average Bonchev–Trinajstić information content (AvgIpc) is 3.20. The van der Waals surface area contributed by atoms with Crippen molar-refractivity contribution in [3.63, 3.8) is 0 Å². The van der Waals surface area contributed by atoms with Gasteiger partial charge in [0.25, 0.3) is 0 Å². The molecule has 4 aromatic rings. The minimum absolute atomic E-state index is 0.165. The quantitative estimate of drug-likeness (QED) is 0.306. The molecule has 1 atom stereocenters. The van der Waals surface area contributed by atoms with E-state index < -0.39 is 5.25 Å². The van der Waals surface area contributed by atoms with E-state index in [1.54, 1.807) is 7.11 Å². The molecule has 0 bridgehead atoms. The Morgan fingerprint density at radius 1 is 1.03 bits per heavy atom. The summed E-state index contributed by atoms with van der Waals surface area (Å²) in [6.07, 6.45) is 0. The molecule has 3 N–H and O–H groups in total. The summed E-state index contributed by atoms with van der Waals surface area (Å²) in [6, 6.07) is 23.0. The van der Waals surface area contributed by atoms with Crippen molar-refractivity contribution in [1.29, 1.82) is 0 Å². The number of hydrogen-bond acceptors (Lipinski definition) is 6. The van der Waals surface area contributed by atoms with Gasteiger partial charge in [-0.05, 0) is 48.7 Å². The van der Waals surface area contributed by atoms with E-state index >= 15 is 0 Å². The van der Waals surface area contributed by atoms with Gasteiger partial charge < -0.3 is 15.9 Å². The van der Waals surface area contributed by atoms with Gasteiger partial charge >= 0.3 is 0 Å². The molecule has 0 radical (unpaired) electrons. The number of methoxy groups -OCH3 is 1. The van der Waals surface area contributed by atoms with Crippen molar-refractivity contribution in [1.82, 2.24) is 14.9 Å². The summed E-state index contributed by atoms with van der Waals surface area (Å²) < 4.78 is 6.82. The third-order valence-corrected chi connectivity index (χ3v) is 6.44. The molecule has 0 aliphatic heterocycles. The highest BCUT2D eigenvalue weighted by atomic mass is 32.2. The fourth-order valence-electron chi connectivity index (χ4n) is 3.45. The van der Waals surface area contributed by atoms with Crippen molar-refractivity contribution in [2.45, 2.75) is 24.3 Å². The van der Waals surface area contributed by atoms with E-state index in [0.717, 1.165) is 27.9 Å². The van der Waals surface area contributed by atoms with E-state index in [-0.39, 0.29) is 5.91 Å². The molecule has 33 heavy (non-hydrogen) atoms. The van der Waals surface area contributed by atoms with Gasteiger partial charge in [0.15, 0.2) is 5.82 Å². The van der Waals surface area contributed by atoms with Crippen LogP contribution in [0, 0.1) is 13.8 Å². The number of amides is 1. The number of hydrogen-bond donors (Lipinski definition) is 2. The SMILES string of the molecule is COc1ccccc1-c1nnc(SC(C(=O)Nc2cc(C)ccc2C)c2ccccc2)n1N. The zero-order valence-electron chi connectivity index (χ0n) is 18.6. The van der Waals surface area contributed by atoms with Gasteiger partial charge in [0, 0.05) is 5.69 Å². The lowest BCUT2D eigenvalue weighted by molar-refractivity contribution is -0.115. The third kappa shape index (κ3) is 4.85. The first-order valence-corrected chi connectivity index (χ1v) is 11.3. The van der Waals surface area contributed by atoms with E-state index in [2.05, 4.69) is 15.5 Å². The first-order valence-electron chi connectivity index (χ1n) is 10.4. The summed E-state index contributed by atoms with van der Waals surface area (Å²) in [4.78, 5) is 13.4. The van der Waals surface area contributed by atoms with Crippen molar-refractivity contribution in [3.8, 4) is 17.1 Å². The number of nitrogens with two attached hydrogens (primary N) is 1. The van der Waals surface area contributed by atoms with E-state index in [9.17, 15) is 4.79 Å². The molecule has 0 saturated carbocycles. The number of thioether (sulfide) groups is 1. The topological polar surface area (TPSA) is 95.1 Å². The Morgan fingerprint density at radius 2 is 1.76 bits per heavy atom. The molecule has 7 nitrogen and oxygen atoms in total. The minimum Gasteiger partial charge on any atom is -0.496 e. The van der Waals surface area contributed by atoms with Crippen molar-refractivity contribution < 1.29 is 9.53 Å². The molecule has 1 amide bonds. The van der Waals surface area contributed by atoms with Crippen LogP contribution in [0.15, 0.2) is 78.0 Å². The van der Waals surface area contributed by atoms with Crippen molar-refractivity contribution in [2.75, 3.05) is 18.3 Å². The number of ether oxygens (including phenoxy) is 1. The van der Waals surface area contributed by atoms with E-state index in [4.69, 9.17) is 10.6 Å². The van der Waals surface area contributed by atoms with Crippen LogP contribution in [0.5, 0.6) is 5.75 Å². The molecule has 0 spiro atoms. The minimum atomic E-state index is -0.580. The van der Waals surface area contributed by atoms with E-state index in [0.29, 0.717) is 16.7 Å². The van der Waals surface area contributed by atoms with Crippen LogP contribution in [-0.4, -0.2) is 27.9 Å². The third-order valence-electron chi connectivity index (χ3n) is 5.23. The maximum absolute atomic E-state index is 13.4. The molecule has 0 saturated heterocycles. The van der Waals surface area contributed by atoms with Gasteiger partial charge in [-0.2, -0.15) is 0 Å². The number of nitrogens with zero attached hydrogens (tertiary/aromatic N) is 3. The van der Waals surface area contributed by atoms with Gasteiger partial charge in [-0.3, -0.25) is 4.79 Å². The number of carbonyl (C=O) groups excluding carboxylic acids is 1.